The van der Waals surface area contributed by atoms with E-state index in [1.807, 2.05) is 50.2 Å². The van der Waals surface area contributed by atoms with Gasteiger partial charge in [-0.2, -0.15) is 0 Å². The molecule has 2 atom stereocenters. The van der Waals surface area contributed by atoms with Gasteiger partial charge in [0.15, 0.2) is 0 Å². The van der Waals surface area contributed by atoms with E-state index < -0.39 is 12.1 Å². The van der Waals surface area contributed by atoms with Crippen molar-refractivity contribution in [3.8, 4) is 0 Å². The van der Waals surface area contributed by atoms with Crippen molar-refractivity contribution in [2.24, 2.45) is 5.92 Å². The highest BCUT2D eigenvalue weighted by atomic mass is 16.2. The normalized spacial score (nSPS) is 12.6. The first-order chi connectivity index (χ1) is 15.2. The number of amides is 3. The van der Waals surface area contributed by atoms with Gasteiger partial charge in [-0.3, -0.25) is 14.4 Å². The van der Waals surface area contributed by atoms with E-state index in [-0.39, 0.29) is 23.6 Å². The summed E-state index contributed by atoms with van der Waals surface area (Å²) in [6.07, 6.45) is 0.821. The van der Waals surface area contributed by atoms with Gasteiger partial charge in [0.05, 0.1) is 5.56 Å². The number of anilines is 1. The molecule has 0 spiro atoms. The lowest BCUT2D eigenvalue weighted by Crippen LogP contribution is -2.54. The maximum Gasteiger partial charge on any atom is 0.254 e. The number of hydrogen-bond donors (Lipinski definition) is 3. The van der Waals surface area contributed by atoms with Crippen LogP contribution in [0.4, 0.5) is 5.69 Å². The zero-order valence-corrected chi connectivity index (χ0v) is 19.5. The Labute approximate surface area is 190 Å². The van der Waals surface area contributed by atoms with Gasteiger partial charge in [0.25, 0.3) is 5.91 Å². The Hall–Kier alpha value is -3.35. The highest BCUT2D eigenvalue weighted by molar-refractivity contribution is 6.02. The van der Waals surface area contributed by atoms with E-state index >= 15 is 0 Å². The predicted molar refractivity (Wildman–Crippen MR) is 127 cm³/mol. The summed E-state index contributed by atoms with van der Waals surface area (Å²) in [4.78, 5) is 40.4. The first kappa shape index (κ1) is 24.9. The van der Waals surface area contributed by atoms with Crippen molar-refractivity contribution in [1.29, 1.82) is 0 Å². The highest BCUT2D eigenvalue weighted by Crippen LogP contribution is 2.15. The topological polar surface area (TPSA) is 90.5 Å². The Bertz CT molecular complexity index is 912. The van der Waals surface area contributed by atoms with Gasteiger partial charge in [-0.25, -0.2) is 0 Å². The summed E-state index contributed by atoms with van der Waals surface area (Å²) in [7, 11) is 5.06. The number of benzene rings is 2. The van der Waals surface area contributed by atoms with E-state index in [1.54, 1.807) is 39.3 Å². The summed E-state index contributed by atoms with van der Waals surface area (Å²) in [5, 5.41) is 8.73. The van der Waals surface area contributed by atoms with Gasteiger partial charge in [0, 0.05) is 33.3 Å². The van der Waals surface area contributed by atoms with Crippen LogP contribution in [0.25, 0.3) is 0 Å². The Morgan fingerprint density at radius 3 is 2.09 bits per heavy atom. The number of hydrogen-bond acceptors (Lipinski definition) is 4. The van der Waals surface area contributed by atoms with E-state index in [0.29, 0.717) is 24.1 Å². The molecule has 0 fully saturated rings. The van der Waals surface area contributed by atoms with Crippen LogP contribution in [0.2, 0.25) is 0 Å². The maximum atomic E-state index is 13.2. The summed E-state index contributed by atoms with van der Waals surface area (Å²) in [6.45, 7) is 3.97. The minimum absolute atomic E-state index is 0.169. The number of nitrogens with zero attached hydrogens (tertiary/aromatic N) is 1. The van der Waals surface area contributed by atoms with Crippen LogP contribution in [0, 0.1) is 5.92 Å². The molecule has 0 aliphatic carbocycles. The standard InChI is InChI=1S/C25H34N4O3/c1-17(2)15-21(27-23(30)19-13-9-10-14-20(19)26-3)24(31)28-22(25(32)29(4)5)16-18-11-7-6-8-12-18/h6-14,17,21-22,26H,15-16H2,1-5H3,(H,27,30)(H,28,31)/t21-,22-/m0/s1. The smallest absolute Gasteiger partial charge is 0.254 e. The maximum absolute atomic E-state index is 13.2. The summed E-state index contributed by atoms with van der Waals surface area (Å²) in [5.74, 6) is -0.737. The molecule has 0 aliphatic heterocycles. The second kappa shape index (κ2) is 11.9. The van der Waals surface area contributed by atoms with Crippen molar-refractivity contribution >= 4 is 23.4 Å². The minimum Gasteiger partial charge on any atom is -0.387 e. The number of carbonyl (C=O) groups is 3. The number of likely N-dealkylation sites (N-methyl/N-ethyl adjacent to an activating group) is 1. The lowest BCUT2D eigenvalue weighted by atomic mass is 10.0. The molecular weight excluding hydrogens is 404 g/mol. The number of nitrogens with one attached hydrogen (secondary N) is 3. The average Bonchev–Trinajstić information content (AvgIpc) is 2.77. The molecule has 2 aromatic rings. The lowest BCUT2D eigenvalue weighted by molar-refractivity contribution is -0.135. The fourth-order valence-electron chi connectivity index (χ4n) is 3.47. The van der Waals surface area contributed by atoms with Crippen molar-refractivity contribution in [3.63, 3.8) is 0 Å². The third kappa shape index (κ3) is 7.11. The third-order valence-corrected chi connectivity index (χ3v) is 5.11. The Morgan fingerprint density at radius 1 is 0.875 bits per heavy atom. The molecule has 3 amide bonds. The first-order valence-electron chi connectivity index (χ1n) is 10.9. The van der Waals surface area contributed by atoms with Crippen LogP contribution in [0.1, 0.15) is 36.2 Å². The van der Waals surface area contributed by atoms with Crippen molar-refractivity contribution in [2.75, 3.05) is 26.5 Å². The van der Waals surface area contributed by atoms with Crippen molar-refractivity contribution in [3.05, 3.63) is 65.7 Å². The van der Waals surface area contributed by atoms with Crippen molar-refractivity contribution in [1.82, 2.24) is 15.5 Å². The van der Waals surface area contributed by atoms with Gasteiger partial charge in [-0.15, -0.1) is 0 Å². The molecule has 0 unspecified atom stereocenters. The van der Waals surface area contributed by atoms with Gasteiger partial charge in [-0.1, -0.05) is 56.3 Å². The molecule has 2 rings (SSSR count). The fraction of sp³-hybridized carbons (Fsp3) is 0.400. The van der Waals surface area contributed by atoms with Gasteiger partial charge in [0.1, 0.15) is 12.1 Å². The van der Waals surface area contributed by atoms with E-state index in [1.165, 1.54) is 4.90 Å². The molecular formula is C25H34N4O3. The second-order valence-electron chi connectivity index (χ2n) is 8.43. The molecule has 0 aliphatic rings. The first-order valence-corrected chi connectivity index (χ1v) is 10.9. The molecule has 3 N–H and O–H groups in total. The molecule has 2 aromatic carbocycles. The van der Waals surface area contributed by atoms with Gasteiger partial charge >= 0.3 is 0 Å². The SMILES string of the molecule is CNc1ccccc1C(=O)N[C@@H](CC(C)C)C(=O)N[C@@H](Cc1ccccc1)C(=O)N(C)C. The van der Waals surface area contributed by atoms with Gasteiger partial charge < -0.3 is 20.9 Å². The summed E-state index contributed by atoms with van der Waals surface area (Å²) in [5.41, 5.74) is 2.08. The average molecular weight is 439 g/mol. The molecule has 0 saturated heterocycles. The quantitative estimate of drug-likeness (QED) is 0.532. The van der Waals surface area contributed by atoms with Crippen LogP contribution in [0.5, 0.6) is 0 Å². The summed E-state index contributed by atoms with van der Waals surface area (Å²) in [6, 6.07) is 15.2. The van der Waals surface area contributed by atoms with E-state index in [4.69, 9.17) is 0 Å². The molecule has 172 valence electrons. The van der Waals surface area contributed by atoms with Crippen LogP contribution in [0.15, 0.2) is 54.6 Å². The zero-order valence-electron chi connectivity index (χ0n) is 19.5. The molecule has 0 bridgehead atoms. The number of rotatable bonds is 10. The molecule has 7 nitrogen and oxygen atoms in total. The van der Waals surface area contributed by atoms with Crippen LogP contribution < -0.4 is 16.0 Å². The predicted octanol–water partition coefficient (Wildman–Crippen LogP) is 2.69. The summed E-state index contributed by atoms with van der Waals surface area (Å²) < 4.78 is 0. The molecule has 32 heavy (non-hydrogen) atoms. The Morgan fingerprint density at radius 2 is 1.50 bits per heavy atom. The minimum atomic E-state index is -0.763. The third-order valence-electron chi connectivity index (χ3n) is 5.11. The van der Waals surface area contributed by atoms with Crippen molar-refractivity contribution < 1.29 is 14.4 Å². The second-order valence-corrected chi connectivity index (χ2v) is 8.43. The van der Waals surface area contributed by atoms with Crippen molar-refractivity contribution in [2.45, 2.75) is 38.8 Å². The number of carbonyl (C=O) groups excluding carboxylic acids is 3. The van der Waals surface area contributed by atoms with Gasteiger partial charge in [0.2, 0.25) is 11.8 Å². The van der Waals surface area contributed by atoms with E-state index in [0.717, 1.165) is 5.56 Å². The molecule has 0 aromatic heterocycles. The Balaban J connectivity index is 2.21. The van der Waals surface area contributed by atoms with E-state index in [9.17, 15) is 14.4 Å². The fourth-order valence-corrected chi connectivity index (χ4v) is 3.47. The monoisotopic (exact) mass is 438 g/mol. The van der Waals surface area contributed by atoms with E-state index in [2.05, 4.69) is 16.0 Å². The highest BCUT2D eigenvalue weighted by Gasteiger charge is 2.29. The largest absolute Gasteiger partial charge is 0.387 e. The summed E-state index contributed by atoms with van der Waals surface area (Å²) >= 11 is 0. The molecule has 7 heteroatoms. The van der Waals surface area contributed by atoms with Crippen LogP contribution in [-0.2, 0) is 16.0 Å². The van der Waals surface area contributed by atoms with Crippen LogP contribution >= 0.6 is 0 Å². The molecule has 0 heterocycles. The number of para-hydroxylation sites is 1. The van der Waals surface area contributed by atoms with Crippen LogP contribution in [0.3, 0.4) is 0 Å². The molecule has 0 radical (unpaired) electrons. The lowest BCUT2D eigenvalue weighted by Gasteiger charge is -2.26. The molecule has 0 saturated carbocycles. The van der Waals surface area contributed by atoms with Gasteiger partial charge in [-0.05, 0) is 30.0 Å². The zero-order chi connectivity index (χ0) is 23.7. The van der Waals surface area contributed by atoms with Crippen LogP contribution in [-0.4, -0.2) is 55.8 Å². The Kier molecular flexibility index (Phi) is 9.25.